The summed E-state index contributed by atoms with van der Waals surface area (Å²) in [4.78, 5) is 12.3. The Balaban J connectivity index is 4.98. The number of carbonyl (C=O) groups excluding carboxylic acids is 1. The monoisotopic (exact) mass is 345 g/mol. The minimum atomic E-state index is -2.65. The fraction of sp³-hybridized carbons (Fsp3) is 0.824. The molecule has 6 heteroatoms. The van der Waals surface area contributed by atoms with E-state index >= 15 is 0 Å². The standard InChI is InChI=1S/C17H35NO4Si/c1-9-20-23(21-10-2,22-11-3)13-12-14(4)15(5)16(19)18-17(6,7)8/h9-13H2,1-8H3,(H,18,19)/b15-14+. The van der Waals surface area contributed by atoms with E-state index in [1.54, 1.807) is 0 Å². The summed E-state index contributed by atoms with van der Waals surface area (Å²) in [7, 11) is -2.65. The second-order valence-corrected chi connectivity index (χ2v) is 9.32. The SMILES string of the molecule is CCO[Si](CC/C(C)=C(\C)C(=O)NC(C)(C)C)(OCC)OCC. The third-order valence-electron chi connectivity index (χ3n) is 3.37. The molecule has 0 atom stereocenters. The summed E-state index contributed by atoms with van der Waals surface area (Å²) >= 11 is 0. The third-order valence-corrected chi connectivity index (χ3v) is 6.42. The van der Waals surface area contributed by atoms with Crippen LogP contribution in [0.5, 0.6) is 0 Å². The number of nitrogens with one attached hydrogen (secondary N) is 1. The van der Waals surface area contributed by atoms with Gasteiger partial charge in [-0.05, 0) is 61.8 Å². The summed E-state index contributed by atoms with van der Waals surface area (Å²) in [6, 6.07) is 0.689. The van der Waals surface area contributed by atoms with Crippen LogP contribution >= 0.6 is 0 Å². The highest BCUT2D eigenvalue weighted by molar-refractivity contribution is 6.60. The Morgan fingerprint density at radius 3 is 1.74 bits per heavy atom. The number of amides is 1. The van der Waals surface area contributed by atoms with Crippen molar-refractivity contribution in [2.24, 2.45) is 0 Å². The van der Waals surface area contributed by atoms with E-state index < -0.39 is 8.80 Å². The summed E-state index contributed by atoms with van der Waals surface area (Å²) in [5.74, 6) is -0.0218. The molecule has 0 fully saturated rings. The quantitative estimate of drug-likeness (QED) is 0.485. The minimum Gasteiger partial charge on any atom is -0.374 e. The summed E-state index contributed by atoms with van der Waals surface area (Å²) in [5, 5.41) is 2.99. The van der Waals surface area contributed by atoms with Crippen molar-refractivity contribution < 1.29 is 18.1 Å². The van der Waals surface area contributed by atoms with Gasteiger partial charge >= 0.3 is 8.80 Å². The molecule has 0 aromatic carbocycles. The second-order valence-electron chi connectivity index (χ2n) is 6.59. The second kappa shape index (κ2) is 10.2. The predicted molar refractivity (Wildman–Crippen MR) is 96.3 cm³/mol. The summed E-state index contributed by atoms with van der Waals surface area (Å²) in [5.41, 5.74) is 1.56. The van der Waals surface area contributed by atoms with Gasteiger partial charge in [0.2, 0.25) is 5.91 Å². The predicted octanol–water partition coefficient (Wildman–Crippen LogP) is 3.68. The van der Waals surface area contributed by atoms with E-state index in [0.717, 1.165) is 17.6 Å². The van der Waals surface area contributed by atoms with Crippen molar-refractivity contribution in [2.75, 3.05) is 19.8 Å². The van der Waals surface area contributed by atoms with Crippen LogP contribution in [-0.4, -0.2) is 40.1 Å². The Labute approximate surface area is 143 Å². The lowest BCUT2D eigenvalue weighted by atomic mass is 10.1. The molecule has 23 heavy (non-hydrogen) atoms. The number of rotatable bonds is 10. The Bertz CT molecular complexity index is 385. The first-order chi connectivity index (χ1) is 10.6. The van der Waals surface area contributed by atoms with Crippen molar-refractivity contribution in [3.63, 3.8) is 0 Å². The first kappa shape index (κ1) is 22.3. The lowest BCUT2D eigenvalue weighted by Gasteiger charge is -2.28. The van der Waals surface area contributed by atoms with Gasteiger partial charge in [0.05, 0.1) is 0 Å². The van der Waals surface area contributed by atoms with Crippen molar-refractivity contribution in [3.8, 4) is 0 Å². The molecule has 1 N–H and O–H groups in total. The molecular weight excluding hydrogens is 310 g/mol. The van der Waals surface area contributed by atoms with Crippen molar-refractivity contribution >= 4 is 14.7 Å². The number of carbonyl (C=O) groups is 1. The van der Waals surface area contributed by atoms with Crippen LogP contribution in [0.25, 0.3) is 0 Å². The fourth-order valence-corrected chi connectivity index (χ4v) is 4.84. The van der Waals surface area contributed by atoms with Crippen molar-refractivity contribution in [3.05, 3.63) is 11.1 Å². The highest BCUT2D eigenvalue weighted by Gasteiger charge is 2.40. The van der Waals surface area contributed by atoms with Gasteiger partial charge in [-0.1, -0.05) is 5.57 Å². The van der Waals surface area contributed by atoms with E-state index in [2.05, 4.69) is 5.32 Å². The fourth-order valence-electron chi connectivity index (χ4n) is 2.16. The lowest BCUT2D eigenvalue weighted by Crippen LogP contribution is -2.46. The molecule has 0 aromatic heterocycles. The molecular formula is C17H35NO4Si. The molecule has 0 unspecified atom stereocenters. The van der Waals surface area contributed by atoms with E-state index in [0.29, 0.717) is 25.9 Å². The normalized spacial score (nSPS) is 13.7. The Kier molecular flexibility index (Phi) is 9.92. The minimum absolute atomic E-state index is 0.0218. The lowest BCUT2D eigenvalue weighted by molar-refractivity contribution is -0.118. The maximum absolute atomic E-state index is 12.3. The van der Waals surface area contributed by atoms with Crippen molar-refractivity contribution in [2.45, 2.75) is 73.4 Å². The van der Waals surface area contributed by atoms with Crippen molar-refractivity contribution in [1.82, 2.24) is 5.32 Å². The molecule has 0 aliphatic carbocycles. The molecule has 0 spiro atoms. The summed E-state index contributed by atoms with van der Waals surface area (Å²) < 4.78 is 17.6. The molecule has 0 saturated heterocycles. The maximum Gasteiger partial charge on any atom is 0.501 e. The highest BCUT2D eigenvalue weighted by Crippen LogP contribution is 2.22. The van der Waals surface area contributed by atoms with Crippen molar-refractivity contribution in [1.29, 1.82) is 0 Å². The van der Waals surface area contributed by atoms with E-state index in [1.165, 1.54) is 0 Å². The van der Waals surface area contributed by atoms with Crippen LogP contribution in [-0.2, 0) is 18.1 Å². The topological polar surface area (TPSA) is 56.8 Å². The summed E-state index contributed by atoms with van der Waals surface area (Å²) in [6.45, 7) is 17.3. The van der Waals surface area contributed by atoms with Crippen LogP contribution in [0.3, 0.4) is 0 Å². The van der Waals surface area contributed by atoms with Gasteiger partial charge in [0.15, 0.2) is 0 Å². The largest absolute Gasteiger partial charge is 0.501 e. The molecule has 0 aromatic rings. The van der Waals surface area contributed by atoms with Gasteiger partial charge in [-0.2, -0.15) is 0 Å². The number of hydrogen-bond acceptors (Lipinski definition) is 4. The zero-order chi connectivity index (χ0) is 18.1. The van der Waals surface area contributed by atoms with Gasteiger partial charge in [0.1, 0.15) is 0 Å². The first-order valence-electron chi connectivity index (χ1n) is 8.51. The molecule has 0 radical (unpaired) electrons. The van der Waals surface area contributed by atoms with Crippen LogP contribution in [0, 0.1) is 0 Å². The molecule has 136 valence electrons. The van der Waals surface area contributed by atoms with Gasteiger partial charge in [0.25, 0.3) is 0 Å². The maximum atomic E-state index is 12.3. The molecule has 5 nitrogen and oxygen atoms in total. The van der Waals surface area contributed by atoms with Gasteiger partial charge in [0, 0.05) is 37.0 Å². The Morgan fingerprint density at radius 2 is 1.39 bits per heavy atom. The number of allylic oxidation sites excluding steroid dienone is 1. The van der Waals surface area contributed by atoms with Crippen LogP contribution < -0.4 is 5.32 Å². The van der Waals surface area contributed by atoms with Gasteiger partial charge < -0.3 is 18.6 Å². The summed E-state index contributed by atoms with van der Waals surface area (Å²) in [6.07, 6.45) is 0.732. The van der Waals surface area contributed by atoms with E-state index in [-0.39, 0.29) is 11.4 Å². The van der Waals surface area contributed by atoms with Gasteiger partial charge in [-0.25, -0.2) is 0 Å². The van der Waals surface area contributed by atoms with E-state index in [1.807, 2.05) is 55.4 Å². The van der Waals surface area contributed by atoms with Crippen LogP contribution in [0.2, 0.25) is 6.04 Å². The van der Waals surface area contributed by atoms with Crippen LogP contribution in [0.1, 0.15) is 61.8 Å². The van der Waals surface area contributed by atoms with Gasteiger partial charge in [-0.3, -0.25) is 4.79 Å². The van der Waals surface area contributed by atoms with Gasteiger partial charge in [-0.15, -0.1) is 0 Å². The molecule has 0 aliphatic heterocycles. The smallest absolute Gasteiger partial charge is 0.374 e. The molecule has 0 aliphatic rings. The molecule has 0 bridgehead atoms. The molecule has 0 saturated carbocycles. The highest BCUT2D eigenvalue weighted by atomic mass is 28.4. The Morgan fingerprint density at radius 1 is 0.957 bits per heavy atom. The molecule has 1 amide bonds. The number of hydrogen-bond donors (Lipinski definition) is 1. The van der Waals surface area contributed by atoms with E-state index in [4.69, 9.17) is 13.3 Å². The van der Waals surface area contributed by atoms with Crippen LogP contribution in [0.15, 0.2) is 11.1 Å². The third kappa shape index (κ3) is 8.65. The molecule has 0 heterocycles. The first-order valence-corrected chi connectivity index (χ1v) is 10.4. The average Bonchev–Trinajstić information content (AvgIpc) is 2.43. The zero-order valence-corrected chi connectivity index (χ0v) is 17.2. The van der Waals surface area contributed by atoms with Crippen LogP contribution in [0.4, 0.5) is 0 Å². The van der Waals surface area contributed by atoms with E-state index in [9.17, 15) is 4.79 Å². The average molecular weight is 346 g/mol. The Hall–Kier alpha value is -0.693. The zero-order valence-electron chi connectivity index (χ0n) is 16.2. The molecule has 0 rings (SSSR count).